The van der Waals surface area contributed by atoms with Gasteiger partial charge in [0.05, 0.1) is 82.9 Å². The van der Waals surface area contributed by atoms with Crippen molar-refractivity contribution in [2.45, 2.75) is 210 Å². The largest absolute Gasteiger partial charge is 0.492 e. The van der Waals surface area contributed by atoms with Gasteiger partial charge >= 0.3 is 23.9 Å². The fourth-order valence-corrected chi connectivity index (χ4v) is 19.2. The summed E-state index contributed by atoms with van der Waals surface area (Å²) in [6.07, 6.45) is 12.3. The fourth-order valence-electron chi connectivity index (χ4n) is 15.3. The third kappa shape index (κ3) is 29.2. The summed E-state index contributed by atoms with van der Waals surface area (Å²) in [5.41, 5.74) is 4.44. The van der Waals surface area contributed by atoms with Gasteiger partial charge in [-0.25, -0.2) is 69.7 Å². The summed E-state index contributed by atoms with van der Waals surface area (Å²) >= 11 is 5.83. The number of esters is 3. The minimum atomic E-state index is -3.39. The van der Waals surface area contributed by atoms with Gasteiger partial charge in [0.1, 0.15) is 18.8 Å². The molecule has 3 aliphatic carbocycles. The van der Waals surface area contributed by atoms with Crippen molar-refractivity contribution in [2.24, 2.45) is 17.8 Å². The highest BCUT2D eigenvalue weighted by molar-refractivity contribution is 7.92. The van der Waals surface area contributed by atoms with E-state index in [0.29, 0.717) is 71.5 Å². The molecule has 6 unspecified atom stereocenters. The lowest BCUT2D eigenvalue weighted by Crippen LogP contribution is -2.25. The van der Waals surface area contributed by atoms with E-state index in [1.54, 1.807) is 123 Å². The zero-order chi connectivity index (χ0) is 99.6. The predicted molar refractivity (Wildman–Crippen MR) is 505 cm³/mol. The number of cyclic esters (lactones) is 3. The number of carbonyl (C=O) groups excluding carboxylic acids is 4. The molecule has 0 bridgehead atoms. The second kappa shape index (κ2) is 43.9. The van der Waals surface area contributed by atoms with Gasteiger partial charge in [-0.05, 0) is 242 Å². The molecule has 5 aliphatic heterocycles. The molecule has 3 N–H and O–H groups in total. The van der Waals surface area contributed by atoms with Crippen molar-refractivity contribution in [3.05, 3.63) is 231 Å². The Balaban J connectivity index is 0.000000168. The number of hydrogen-bond acceptors (Lipinski definition) is 29. The highest BCUT2D eigenvalue weighted by Crippen LogP contribution is 2.47. The first-order valence-electron chi connectivity index (χ1n) is 43.6. The van der Waals surface area contributed by atoms with E-state index < -0.39 is 118 Å². The lowest BCUT2D eigenvalue weighted by Gasteiger charge is -2.22. The van der Waals surface area contributed by atoms with Gasteiger partial charge in [-0.3, -0.25) is 4.79 Å². The van der Waals surface area contributed by atoms with Crippen LogP contribution < -0.4 is 0 Å². The maximum absolute atomic E-state index is 12.1. The Hall–Kier alpha value is -9.80. The number of sulfone groups is 6. The summed E-state index contributed by atoms with van der Waals surface area (Å²) in [7, 11) is -19.6. The number of aliphatic carboxylic acids is 1. The first-order valence-corrected chi connectivity index (χ1v) is 55.3. The van der Waals surface area contributed by atoms with E-state index in [1.165, 1.54) is 99.2 Å². The van der Waals surface area contributed by atoms with Crippen molar-refractivity contribution in [3.8, 4) is 0 Å². The zero-order valence-electron chi connectivity index (χ0n) is 78.0. The van der Waals surface area contributed by atoms with Crippen LogP contribution in [0.2, 0.25) is 5.02 Å². The average molecular weight is 2000 g/mol. The third-order valence-corrected chi connectivity index (χ3v) is 29.8. The molecule has 30 nitrogen and oxygen atoms in total. The van der Waals surface area contributed by atoms with Crippen LogP contribution in [0.5, 0.6) is 0 Å². The monoisotopic (exact) mass is 2000 g/mol. The molecule has 5 fully saturated rings. The van der Waals surface area contributed by atoms with Gasteiger partial charge in [-0.1, -0.05) is 116 Å². The summed E-state index contributed by atoms with van der Waals surface area (Å²) in [5.74, 6) is -0.288. The Bertz CT molecular complexity index is 6360. The number of aliphatic hydroxyl groups excluding tert-OH is 2. The van der Waals surface area contributed by atoms with Gasteiger partial charge in [0.2, 0.25) is 18.3 Å². The topological polar surface area (TPSA) is 443 Å². The van der Waals surface area contributed by atoms with E-state index in [0.717, 1.165) is 102 Å². The number of benzene rings is 7. The van der Waals surface area contributed by atoms with Gasteiger partial charge in [-0.15, -0.1) is 0 Å². The second-order valence-electron chi connectivity index (χ2n) is 36.0. The number of carboxylic acids is 1. The molecule has 37 heteroatoms. The first kappa shape index (κ1) is 107. The van der Waals surface area contributed by atoms with Crippen LogP contribution in [0.3, 0.4) is 0 Å². The van der Waals surface area contributed by atoms with Crippen molar-refractivity contribution < 1.29 is 137 Å². The number of aliphatic hydroxyl groups is 2. The zero-order valence-corrected chi connectivity index (χ0v) is 83.7. The van der Waals surface area contributed by atoms with Crippen LogP contribution in [0.4, 0.5) is 0 Å². The van der Waals surface area contributed by atoms with Gasteiger partial charge in [-0.2, -0.15) is 0 Å². The van der Waals surface area contributed by atoms with Crippen LogP contribution >= 0.6 is 11.6 Å². The molecule has 5 heterocycles. The summed E-state index contributed by atoms with van der Waals surface area (Å²) in [4.78, 5) is 60.9. The van der Waals surface area contributed by atoms with Gasteiger partial charge in [0.25, 0.3) is 0 Å². The molecular formula is C98H117ClO30S6. The quantitative estimate of drug-likeness (QED) is 0.0163. The van der Waals surface area contributed by atoms with Crippen LogP contribution in [0.25, 0.3) is 27.9 Å². The molecule has 8 aliphatic rings. The highest BCUT2D eigenvalue weighted by Gasteiger charge is 2.47. The molecule has 15 rings (SSSR count). The van der Waals surface area contributed by atoms with Crippen LogP contribution in [-0.2, 0) is 130 Å². The van der Waals surface area contributed by atoms with Gasteiger partial charge in [0, 0.05) is 72.5 Å². The van der Waals surface area contributed by atoms with Gasteiger partial charge in [0.15, 0.2) is 88.5 Å². The number of ketones is 1. The average Bonchev–Trinajstić information content (AvgIpc) is 1.62. The SMILES string of the molecule is CC(=O)/C(=C(\C(=O)O)c1ccc(Cl)cc1)c1ccc(S(C)(=O)=O)cc1.CC(C)OC1=C(c2ccc(S(C)(=O)=O)cc2)C(C)(C)OC1O.CC1(C)OC(=O)C(OCC2CC2)=C1c1ccc(S(C)(=O)=O)cc1.CC1(C)OC(O)C(OCC2CC2)=C1c1ccc(S(C)(=O)=O)cc1.CCCOC1C(=O)OCC1c1ccc(S(C)(=O)=O)cc1.CS(=O)(=O)c1ccc(C2COC(=O)C2OCCC2CC2)cc1. The Morgan fingerprint density at radius 2 is 0.763 bits per heavy atom. The third-order valence-electron chi connectivity index (χ3n) is 22.7. The molecule has 7 aromatic carbocycles. The van der Waals surface area contributed by atoms with E-state index in [9.17, 15) is 89.8 Å². The van der Waals surface area contributed by atoms with Crippen LogP contribution in [-0.4, -0.2) is 220 Å². The van der Waals surface area contributed by atoms with Crippen molar-refractivity contribution in [1.29, 1.82) is 0 Å². The summed E-state index contributed by atoms with van der Waals surface area (Å²) < 4.78 is 194. The number of halogens is 1. The lowest BCUT2D eigenvalue weighted by molar-refractivity contribution is -0.148. The molecule has 7 aromatic rings. The fraction of sp³-hybridized carbons (Fsp3) is 0.439. The van der Waals surface area contributed by atoms with Crippen LogP contribution in [0.15, 0.2) is 217 Å². The molecule has 6 atom stereocenters. The molecule has 0 spiro atoms. The molecule has 2 saturated heterocycles. The van der Waals surface area contributed by atoms with Crippen molar-refractivity contribution in [3.63, 3.8) is 0 Å². The molecule has 0 amide bonds. The van der Waals surface area contributed by atoms with E-state index in [4.69, 9.17) is 59.0 Å². The Labute approximate surface area is 795 Å². The number of Topliss-reactive ketones (excluding diaryl/α,β-unsaturated/α-hetero) is 1. The van der Waals surface area contributed by atoms with E-state index in [2.05, 4.69) is 0 Å². The number of hydrogen-bond donors (Lipinski definition) is 3. The molecule has 0 radical (unpaired) electrons. The summed E-state index contributed by atoms with van der Waals surface area (Å²) in [5, 5.41) is 30.3. The number of allylic oxidation sites excluding steroid dienone is 1. The van der Waals surface area contributed by atoms with Crippen molar-refractivity contribution >= 4 is 128 Å². The normalized spacial score (nSPS) is 20.9. The number of ether oxygens (including phenoxy) is 10. The van der Waals surface area contributed by atoms with E-state index >= 15 is 0 Å². The van der Waals surface area contributed by atoms with E-state index in [-0.39, 0.29) is 89.4 Å². The number of carboxylic acid groups (broad SMARTS) is 1. The summed E-state index contributed by atoms with van der Waals surface area (Å²) in [6, 6.07) is 44.3. The Morgan fingerprint density at radius 1 is 0.437 bits per heavy atom. The molecular weight excluding hydrogens is 1880 g/mol. The minimum absolute atomic E-state index is 0.00475. The number of rotatable bonds is 30. The standard InChI is InChI=1S/C18H15ClO5S.C17H22O5S.C17H20O5S.C16H20O5S.C16H22O5S.C14H18O5S/c1-11(20)16(12-5-9-15(10-6-12)25(2,23)24)17(18(21)22)13-3-7-14(19)8-4-13;2*1-17(2)14(12-6-8-13(9-7-12)23(3,19)20)15(16(18)22-17)21-10-11-4-5-11;1-22(18,19)13-6-4-12(5-7-13)14-10-21-16(17)15(14)20-9-8-11-2-3-11;1-10(2)20-14-13(16(3,4)21-15(14)17)11-6-8-12(9-7-11)22(5,18)19;1-3-8-18-13-12(9-19-14(13)15)10-4-6-11(7-5-10)20(2,16)17/h3-10H,1-2H3,(H,21,22);6-9,11,16,18H,4-5,10H2,1-3H3;6-9,11H,4-5,10H2,1-3H3;4-7,11,14-15H,2-3,8-10H2,1H3;6-10,15,17H,1-5H3;4-7,12-13H,3,8-9H2,1-2H3/b17-16+;;;;;. The summed E-state index contributed by atoms with van der Waals surface area (Å²) in [6.45, 7) is 20.7. The second-order valence-corrected chi connectivity index (χ2v) is 48.5. The van der Waals surface area contributed by atoms with Crippen LogP contribution in [0, 0.1) is 17.8 Å². The molecule has 0 aromatic heterocycles. The number of carbonyl (C=O) groups is 5. The lowest BCUT2D eigenvalue weighted by atomic mass is 9.92. The first-order chi connectivity index (χ1) is 62.9. The Kier molecular flexibility index (Phi) is 34.9. The van der Waals surface area contributed by atoms with Crippen molar-refractivity contribution in [2.75, 3.05) is 77.2 Å². The molecule has 732 valence electrons. The Morgan fingerprint density at radius 3 is 1.11 bits per heavy atom. The van der Waals surface area contributed by atoms with Crippen LogP contribution in [0.1, 0.15) is 171 Å². The molecule has 135 heavy (non-hydrogen) atoms. The smallest absolute Gasteiger partial charge is 0.374 e. The predicted octanol–water partition coefficient (Wildman–Crippen LogP) is 14.0. The highest BCUT2D eigenvalue weighted by atomic mass is 35.5. The minimum Gasteiger partial charge on any atom is -0.492 e. The molecule has 3 saturated carbocycles. The van der Waals surface area contributed by atoms with Crippen molar-refractivity contribution in [1.82, 2.24) is 0 Å². The van der Waals surface area contributed by atoms with Gasteiger partial charge < -0.3 is 62.7 Å². The maximum atomic E-state index is 12.1. The van der Waals surface area contributed by atoms with E-state index in [1.807, 2.05) is 48.5 Å². The maximum Gasteiger partial charge on any atom is 0.374 e.